The van der Waals surface area contributed by atoms with Crippen LogP contribution in [-0.2, 0) is 27.6 Å². The van der Waals surface area contributed by atoms with Crippen LogP contribution in [0.5, 0.6) is 0 Å². The molecule has 3 heterocycles. The van der Waals surface area contributed by atoms with Gasteiger partial charge in [0.2, 0.25) is 11.9 Å². The number of benzene rings is 2. The number of primary amides is 1. The lowest BCUT2D eigenvalue weighted by Crippen LogP contribution is -2.37. The molecule has 1 aliphatic rings. The van der Waals surface area contributed by atoms with E-state index in [1.807, 2.05) is 53.4 Å². The lowest BCUT2D eigenvalue weighted by Gasteiger charge is -2.27. The van der Waals surface area contributed by atoms with Crippen LogP contribution in [0.3, 0.4) is 0 Å². The van der Waals surface area contributed by atoms with Crippen molar-refractivity contribution in [2.45, 2.75) is 13.0 Å². The molecule has 0 atom stereocenters. The van der Waals surface area contributed by atoms with Gasteiger partial charge in [0, 0.05) is 36.3 Å². The van der Waals surface area contributed by atoms with Crippen LogP contribution < -0.4 is 16.4 Å². The van der Waals surface area contributed by atoms with Crippen molar-refractivity contribution >= 4 is 38.6 Å². The van der Waals surface area contributed by atoms with E-state index in [0.29, 0.717) is 18.2 Å². The second kappa shape index (κ2) is 9.59. The fourth-order valence-electron chi connectivity index (χ4n) is 4.41. The van der Waals surface area contributed by atoms with Crippen molar-refractivity contribution in [2.24, 2.45) is 5.73 Å². The lowest BCUT2D eigenvalue weighted by molar-refractivity contribution is -0.119. The number of nitrogens with zero attached hydrogens (tertiary/aromatic N) is 4. The number of carbonyl (C=O) groups excluding carboxylic acids is 1. The monoisotopic (exact) mass is 505 g/mol. The number of hydrogen-bond acceptors (Lipinski definition) is 8. The third kappa shape index (κ3) is 5.31. The number of rotatable bonds is 8. The van der Waals surface area contributed by atoms with Crippen LogP contribution in [0.1, 0.15) is 11.1 Å². The zero-order valence-corrected chi connectivity index (χ0v) is 20.6. The van der Waals surface area contributed by atoms with Crippen molar-refractivity contribution in [3.63, 3.8) is 0 Å². The van der Waals surface area contributed by atoms with Gasteiger partial charge in [0.25, 0.3) is 0 Å². The summed E-state index contributed by atoms with van der Waals surface area (Å²) in [5, 5.41) is 11.0. The molecule has 186 valence electrons. The maximum absolute atomic E-state index is 11.7. The van der Waals surface area contributed by atoms with Gasteiger partial charge in [-0.15, -0.1) is 5.10 Å². The molecule has 2 aromatic carbocycles. The normalized spacial score (nSPS) is 13.9. The average Bonchev–Trinajstić information content (AvgIpc) is 3.25. The molecular weight excluding hydrogens is 478 g/mol. The fraction of sp³-hybridized carbons (Fsp3) is 0.240. The zero-order valence-electron chi connectivity index (χ0n) is 19.8. The van der Waals surface area contributed by atoms with Gasteiger partial charge in [-0.25, -0.2) is 17.9 Å². The Morgan fingerprint density at radius 1 is 1.11 bits per heavy atom. The highest BCUT2D eigenvalue weighted by Crippen LogP contribution is 2.30. The molecule has 4 N–H and O–H groups in total. The third-order valence-electron chi connectivity index (χ3n) is 6.06. The molecule has 5 rings (SSSR count). The quantitative estimate of drug-likeness (QED) is 0.332. The number of para-hydroxylation sites is 1. The summed E-state index contributed by atoms with van der Waals surface area (Å²) in [5.74, 6) is -0.0385. The molecule has 0 saturated heterocycles. The number of hydrogen-bond donors (Lipinski definition) is 3. The maximum atomic E-state index is 11.7. The summed E-state index contributed by atoms with van der Waals surface area (Å²) in [6, 6.07) is 17.5. The third-order valence-corrected chi connectivity index (χ3v) is 6.73. The Hall–Kier alpha value is -3.96. The van der Waals surface area contributed by atoms with E-state index in [9.17, 15) is 13.2 Å². The number of amides is 1. The van der Waals surface area contributed by atoms with E-state index in [4.69, 9.17) is 10.8 Å². The van der Waals surface area contributed by atoms with Crippen molar-refractivity contribution in [2.75, 3.05) is 35.9 Å². The van der Waals surface area contributed by atoms with Crippen LogP contribution in [0.4, 0.5) is 17.3 Å². The summed E-state index contributed by atoms with van der Waals surface area (Å²) >= 11 is 0. The zero-order chi connectivity index (χ0) is 25.3. The summed E-state index contributed by atoms with van der Waals surface area (Å²) < 4.78 is 25.1. The number of nitrogens with two attached hydrogens (primary N) is 1. The smallest absolute Gasteiger partial charge is 0.245 e. The van der Waals surface area contributed by atoms with Crippen LogP contribution in [0, 0.1) is 0 Å². The van der Waals surface area contributed by atoms with Gasteiger partial charge in [-0.3, -0.25) is 9.69 Å². The van der Waals surface area contributed by atoms with Gasteiger partial charge < -0.3 is 16.4 Å². The van der Waals surface area contributed by atoms with Crippen molar-refractivity contribution < 1.29 is 13.2 Å². The van der Waals surface area contributed by atoms with Gasteiger partial charge in [0.15, 0.2) is 9.84 Å². The molecule has 0 fully saturated rings. The number of carbonyl (C=O) groups is 1. The number of anilines is 3. The topological polar surface area (TPSA) is 135 Å². The van der Waals surface area contributed by atoms with E-state index in [1.165, 1.54) is 17.4 Å². The SMILES string of the molecule is CS(=O)(=O)CNc1ccccc1-c1ccc2cnc(Nc3ccc4c(c3)CCN(CC(N)=O)C4)nn12. The molecule has 0 bridgehead atoms. The van der Waals surface area contributed by atoms with Gasteiger partial charge in [-0.05, 0) is 47.9 Å². The lowest BCUT2D eigenvalue weighted by atomic mass is 9.99. The second-order valence-electron chi connectivity index (χ2n) is 8.96. The average molecular weight is 506 g/mol. The van der Waals surface area contributed by atoms with E-state index in [0.717, 1.165) is 35.4 Å². The first-order valence-electron chi connectivity index (χ1n) is 11.5. The molecule has 2 aromatic heterocycles. The Morgan fingerprint density at radius 2 is 1.94 bits per heavy atom. The first kappa shape index (κ1) is 23.8. The van der Waals surface area contributed by atoms with E-state index in [1.54, 1.807) is 10.7 Å². The predicted molar refractivity (Wildman–Crippen MR) is 140 cm³/mol. The van der Waals surface area contributed by atoms with Gasteiger partial charge in [0.05, 0.1) is 24.0 Å². The van der Waals surface area contributed by atoms with Crippen LogP contribution in [0.2, 0.25) is 0 Å². The molecule has 0 aliphatic carbocycles. The van der Waals surface area contributed by atoms with E-state index >= 15 is 0 Å². The largest absolute Gasteiger partial charge is 0.371 e. The summed E-state index contributed by atoms with van der Waals surface area (Å²) in [4.78, 5) is 17.7. The predicted octanol–water partition coefficient (Wildman–Crippen LogP) is 2.40. The van der Waals surface area contributed by atoms with E-state index in [2.05, 4.69) is 21.7 Å². The van der Waals surface area contributed by atoms with Gasteiger partial charge in [0.1, 0.15) is 5.88 Å². The van der Waals surface area contributed by atoms with E-state index < -0.39 is 9.84 Å². The molecule has 0 radical (unpaired) electrons. The summed E-state index contributed by atoms with van der Waals surface area (Å²) in [6.45, 7) is 1.74. The molecule has 0 saturated carbocycles. The Morgan fingerprint density at radius 3 is 2.75 bits per heavy atom. The van der Waals surface area contributed by atoms with Crippen molar-refractivity contribution in [1.82, 2.24) is 19.5 Å². The fourth-order valence-corrected chi connectivity index (χ4v) is 4.82. The summed E-state index contributed by atoms with van der Waals surface area (Å²) in [7, 11) is -3.18. The highest BCUT2D eigenvalue weighted by Gasteiger charge is 2.18. The first-order chi connectivity index (χ1) is 17.2. The minimum absolute atomic E-state index is 0.159. The molecule has 36 heavy (non-hydrogen) atoms. The maximum Gasteiger partial charge on any atom is 0.245 e. The highest BCUT2D eigenvalue weighted by molar-refractivity contribution is 7.90. The molecule has 10 nitrogen and oxygen atoms in total. The van der Waals surface area contributed by atoms with Crippen molar-refractivity contribution in [3.8, 4) is 11.3 Å². The summed E-state index contributed by atoms with van der Waals surface area (Å²) in [5.41, 5.74) is 11.8. The summed E-state index contributed by atoms with van der Waals surface area (Å²) in [6.07, 6.45) is 3.76. The molecule has 0 unspecified atom stereocenters. The number of sulfone groups is 1. The molecule has 11 heteroatoms. The van der Waals surface area contributed by atoms with E-state index in [-0.39, 0.29) is 18.3 Å². The molecule has 1 amide bonds. The molecule has 0 spiro atoms. The highest BCUT2D eigenvalue weighted by atomic mass is 32.2. The van der Waals surface area contributed by atoms with Gasteiger partial charge >= 0.3 is 0 Å². The second-order valence-corrected chi connectivity index (χ2v) is 11.1. The minimum atomic E-state index is -3.18. The Bertz CT molecular complexity index is 1550. The Balaban J connectivity index is 1.40. The minimum Gasteiger partial charge on any atom is -0.371 e. The van der Waals surface area contributed by atoms with Crippen molar-refractivity contribution in [1.29, 1.82) is 0 Å². The number of nitrogens with one attached hydrogen (secondary N) is 2. The van der Waals surface area contributed by atoms with Crippen LogP contribution >= 0.6 is 0 Å². The standard InChI is InChI=1S/C25H27N7O3S/c1-36(34,35)16-28-22-5-3-2-4-21(22)23-9-8-20-13-27-25(30-32(20)23)29-19-7-6-18-14-31(15-24(26)33)11-10-17(18)12-19/h2-9,12-13,28H,10-11,14-16H2,1H3,(H2,26,33)(H,29,30). The first-order valence-corrected chi connectivity index (χ1v) is 13.6. The Kier molecular flexibility index (Phi) is 6.33. The van der Waals surface area contributed by atoms with Crippen LogP contribution in [0.15, 0.2) is 60.8 Å². The Labute approximate surface area is 209 Å². The van der Waals surface area contributed by atoms with Crippen LogP contribution in [0.25, 0.3) is 16.8 Å². The van der Waals surface area contributed by atoms with Gasteiger partial charge in [-0.1, -0.05) is 24.3 Å². The van der Waals surface area contributed by atoms with Crippen LogP contribution in [-0.4, -0.2) is 59.0 Å². The molecule has 1 aliphatic heterocycles. The van der Waals surface area contributed by atoms with Crippen molar-refractivity contribution in [3.05, 3.63) is 71.9 Å². The number of fused-ring (bicyclic) bond motifs is 2. The number of aromatic nitrogens is 3. The molecule has 4 aromatic rings. The van der Waals surface area contributed by atoms with Gasteiger partial charge in [-0.2, -0.15) is 0 Å². The molecular formula is C25H27N7O3S.